The largest absolute Gasteiger partial charge is 0.384 e. The number of alkyl halides is 2. The Morgan fingerprint density at radius 2 is 1.64 bits per heavy atom. The molecule has 0 unspecified atom stereocenters. The average molecular weight is 627 g/mol. The number of hydrogen-bond acceptors (Lipinski definition) is 6. The van der Waals surface area contributed by atoms with Crippen LogP contribution >= 0.6 is 11.3 Å². The number of benzene rings is 3. The molecule has 0 radical (unpaired) electrons. The summed E-state index contributed by atoms with van der Waals surface area (Å²) in [5.41, 5.74) is 11.0. The van der Waals surface area contributed by atoms with E-state index < -0.39 is 5.92 Å². The van der Waals surface area contributed by atoms with Gasteiger partial charge in [-0.1, -0.05) is 24.3 Å². The third-order valence-corrected chi connectivity index (χ3v) is 8.96. The molecule has 0 spiro atoms. The van der Waals surface area contributed by atoms with Gasteiger partial charge in [0, 0.05) is 56.1 Å². The molecule has 2 aromatic heterocycles. The Labute approximate surface area is 262 Å². The van der Waals surface area contributed by atoms with Crippen LogP contribution in [0.2, 0.25) is 0 Å². The van der Waals surface area contributed by atoms with Crippen LogP contribution in [0.25, 0.3) is 38.5 Å². The predicted octanol–water partition coefficient (Wildman–Crippen LogP) is 7.83. The van der Waals surface area contributed by atoms with Crippen LogP contribution in [0.15, 0.2) is 85.1 Å². The number of nitrogen functional groups attached to an aromatic ring is 1. The van der Waals surface area contributed by atoms with Gasteiger partial charge in [0.15, 0.2) is 5.78 Å². The minimum absolute atomic E-state index is 0.0272. The Hall–Kier alpha value is -4.83. The highest BCUT2D eigenvalue weighted by Crippen LogP contribution is 2.38. The lowest BCUT2D eigenvalue weighted by Gasteiger charge is -2.31. The molecule has 2 N–H and O–H groups in total. The molecule has 6 nitrogen and oxygen atoms in total. The highest BCUT2D eigenvalue weighted by molar-refractivity contribution is 7.19. The Morgan fingerprint density at radius 1 is 0.933 bits per heavy atom. The summed E-state index contributed by atoms with van der Waals surface area (Å²) in [6.07, 6.45) is 4.91. The second kappa shape index (κ2) is 12.6. The number of aryl methyl sites for hydroxylation is 1. The van der Waals surface area contributed by atoms with E-state index in [0.29, 0.717) is 17.8 Å². The molecule has 1 fully saturated rings. The first-order valence-corrected chi connectivity index (χ1v) is 15.3. The minimum Gasteiger partial charge on any atom is -0.384 e. The van der Waals surface area contributed by atoms with Gasteiger partial charge in [-0.25, -0.2) is 23.1 Å². The van der Waals surface area contributed by atoms with E-state index in [1.807, 2.05) is 24.3 Å². The molecule has 1 amide bonds. The van der Waals surface area contributed by atoms with Crippen molar-refractivity contribution in [3.05, 3.63) is 107 Å². The van der Waals surface area contributed by atoms with Crippen molar-refractivity contribution in [1.29, 1.82) is 0 Å². The van der Waals surface area contributed by atoms with Crippen molar-refractivity contribution in [2.45, 2.75) is 31.6 Å². The number of pyridine rings is 1. The Balaban J connectivity index is 1.24. The van der Waals surface area contributed by atoms with E-state index in [4.69, 9.17) is 10.7 Å². The van der Waals surface area contributed by atoms with Crippen LogP contribution < -0.4 is 5.73 Å². The second-order valence-electron chi connectivity index (χ2n) is 11.0. The van der Waals surface area contributed by atoms with Gasteiger partial charge < -0.3 is 10.6 Å². The lowest BCUT2D eigenvalue weighted by molar-refractivity contribution is -0.114. The highest BCUT2D eigenvalue weighted by Gasteiger charge is 2.35. The van der Waals surface area contributed by atoms with Crippen LogP contribution in [0.1, 0.15) is 40.2 Å². The van der Waals surface area contributed by atoms with Crippen molar-refractivity contribution in [2.24, 2.45) is 0 Å². The van der Waals surface area contributed by atoms with E-state index in [0.717, 1.165) is 43.0 Å². The van der Waals surface area contributed by atoms with Crippen LogP contribution in [0.3, 0.4) is 0 Å². The number of nitrogens with zero attached hydrogens (tertiary/aromatic N) is 3. The summed E-state index contributed by atoms with van der Waals surface area (Å²) < 4.78 is 41.8. The van der Waals surface area contributed by atoms with E-state index in [2.05, 4.69) is 4.98 Å². The number of thiazole rings is 1. The van der Waals surface area contributed by atoms with E-state index >= 15 is 0 Å². The summed E-state index contributed by atoms with van der Waals surface area (Å²) in [5, 5.41) is 0.800. The molecule has 0 saturated carbocycles. The number of piperidine rings is 1. The van der Waals surface area contributed by atoms with E-state index in [-0.39, 0.29) is 49.9 Å². The third-order valence-electron chi connectivity index (χ3n) is 7.79. The summed E-state index contributed by atoms with van der Waals surface area (Å²) in [4.78, 5) is 35.9. The molecule has 228 valence electrons. The summed E-state index contributed by atoms with van der Waals surface area (Å²) in [6, 6.07) is 20.8. The van der Waals surface area contributed by atoms with Crippen LogP contribution in [-0.2, 0) is 11.2 Å². The van der Waals surface area contributed by atoms with E-state index in [1.165, 1.54) is 34.4 Å². The standard InChI is InChI=1S/C35H29F3N4O2S/c36-27-9-7-24(8-10-27)29-19-26(23-3-5-25(6-4-23)34(44)42-17-15-35(37,38)16-18-42)20-30-33(29)45-32(41-30)14-12-28(43)11-1-22-2-13-31(39)40-21-22/h1-11,13,19-21H,12,14-18H2,(H2,39,40)/b11-1+. The Bertz CT molecular complexity index is 1880. The van der Waals surface area contributed by atoms with E-state index in [1.54, 1.807) is 48.7 Å². The molecule has 10 heteroatoms. The van der Waals surface area contributed by atoms with Gasteiger partial charge in [0.2, 0.25) is 0 Å². The van der Waals surface area contributed by atoms with Gasteiger partial charge in [-0.3, -0.25) is 9.59 Å². The number of halogens is 3. The molecule has 3 heterocycles. The zero-order valence-corrected chi connectivity index (χ0v) is 25.0. The van der Waals surface area contributed by atoms with Crippen molar-refractivity contribution in [1.82, 2.24) is 14.9 Å². The number of carbonyl (C=O) groups excluding carboxylic acids is 2. The SMILES string of the molecule is Nc1ccc(/C=C/C(=O)CCc2nc3cc(-c4ccc(C(=O)N5CCC(F)(F)CC5)cc4)cc(-c4ccc(F)cc4)c3s2)cn1. The molecular weight excluding hydrogens is 597 g/mol. The second-order valence-corrected chi connectivity index (χ2v) is 12.1. The molecule has 1 saturated heterocycles. The molecular formula is C35H29F3N4O2S. The van der Waals surface area contributed by atoms with Gasteiger partial charge in [-0.15, -0.1) is 11.3 Å². The zero-order valence-electron chi connectivity index (χ0n) is 24.2. The van der Waals surface area contributed by atoms with Gasteiger partial charge in [-0.2, -0.15) is 0 Å². The maximum atomic E-state index is 13.8. The Kier molecular flexibility index (Phi) is 8.49. The number of fused-ring (bicyclic) bond motifs is 1. The fourth-order valence-electron chi connectivity index (χ4n) is 5.24. The molecule has 45 heavy (non-hydrogen) atoms. The van der Waals surface area contributed by atoms with Crippen LogP contribution in [0.4, 0.5) is 19.0 Å². The van der Waals surface area contributed by atoms with Crippen molar-refractivity contribution in [3.63, 3.8) is 0 Å². The molecule has 0 bridgehead atoms. The van der Waals surface area contributed by atoms with E-state index in [9.17, 15) is 22.8 Å². The monoisotopic (exact) mass is 626 g/mol. The first-order chi connectivity index (χ1) is 21.6. The first-order valence-electron chi connectivity index (χ1n) is 14.5. The molecule has 1 aliphatic rings. The fraction of sp³-hybridized carbons (Fsp3) is 0.200. The predicted molar refractivity (Wildman–Crippen MR) is 172 cm³/mol. The molecule has 0 aliphatic carbocycles. The first kappa shape index (κ1) is 30.2. The van der Waals surface area contributed by atoms with Gasteiger partial charge in [0.05, 0.1) is 15.2 Å². The molecule has 5 aromatic rings. The minimum atomic E-state index is -2.72. The summed E-state index contributed by atoms with van der Waals surface area (Å²) >= 11 is 1.50. The summed E-state index contributed by atoms with van der Waals surface area (Å²) in [7, 11) is 0. The number of hydrogen-bond donors (Lipinski definition) is 1. The van der Waals surface area contributed by atoms with Crippen LogP contribution in [0.5, 0.6) is 0 Å². The molecule has 6 rings (SSSR count). The van der Waals surface area contributed by atoms with Crippen LogP contribution in [0, 0.1) is 5.82 Å². The quantitative estimate of drug-likeness (QED) is 0.177. The summed E-state index contributed by atoms with van der Waals surface area (Å²) in [5.74, 6) is -2.96. The Morgan fingerprint density at radius 3 is 2.33 bits per heavy atom. The van der Waals surface area contributed by atoms with Gasteiger partial charge in [-0.05, 0) is 82.9 Å². The fourth-order valence-corrected chi connectivity index (χ4v) is 6.32. The highest BCUT2D eigenvalue weighted by atomic mass is 32.1. The van der Waals surface area contributed by atoms with Crippen LogP contribution in [-0.4, -0.2) is 45.6 Å². The van der Waals surface area contributed by atoms with Gasteiger partial charge in [0.1, 0.15) is 11.6 Å². The average Bonchev–Trinajstić information content (AvgIpc) is 3.46. The lowest BCUT2D eigenvalue weighted by atomic mass is 9.97. The topological polar surface area (TPSA) is 89.2 Å². The summed E-state index contributed by atoms with van der Waals surface area (Å²) in [6.45, 7) is 0.0543. The van der Waals surface area contributed by atoms with Crippen molar-refractivity contribution >= 4 is 45.1 Å². The number of rotatable bonds is 8. The third kappa shape index (κ3) is 7.12. The zero-order chi connectivity index (χ0) is 31.6. The van der Waals surface area contributed by atoms with Crippen molar-refractivity contribution in [3.8, 4) is 22.3 Å². The maximum absolute atomic E-state index is 13.8. The number of aromatic nitrogens is 2. The normalized spacial score (nSPS) is 14.7. The molecule has 1 aliphatic heterocycles. The number of ketones is 1. The number of amides is 1. The number of nitrogens with two attached hydrogens (primary N) is 1. The number of anilines is 1. The van der Waals surface area contributed by atoms with Gasteiger partial charge in [0.25, 0.3) is 11.8 Å². The number of likely N-dealkylation sites (tertiary alicyclic amines) is 1. The molecule has 0 atom stereocenters. The van der Waals surface area contributed by atoms with Gasteiger partial charge >= 0.3 is 0 Å². The number of carbonyl (C=O) groups is 2. The smallest absolute Gasteiger partial charge is 0.253 e. The lowest BCUT2D eigenvalue weighted by Crippen LogP contribution is -2.42. The number of allylic oxidation sites excluding steroid dienone is 1. The maximum Gasteiger partial charge on any atom is 0.253 e. The van der Waals surface area contributed by atoms with Crippen molar-refractivity contribution < 1.29 is 22.8 Å². The van der Waals surface area contributed by atoms with Crippen molar-refractivity contribution in [2.75, 3.05) is 18.8 Å². The molecule has 3 aromatic carbocycles.